The van der Waals surface area contributed by atoms with Crippen molar-refractivity contribution < 1.29 is 0 Å². The third-order valence-corrected chi connectivity index (χ3v) is 3.56. The Kier molecular flexibility index (Phi) is 4.91. The molecule has 0 bridgehead atoms. The third-order valence-electron chi connectivity index (χ3n) is 3.56. The van der Waals surface area contributed by atoms with Gasteiger partial charge in [0.1, 0.15) is 5.82 Å². The summed E-state index contributed by atoms with van der Waals surface area (Å²) in [5, 5.41) is 0. The van der Waals surface area contributed by atoms with Crippen molar-refractivity contribution in [3.63, 3.8) is 0 Å². The fourth-order valence-corrected chi connectivity index (χ4v) is 2.53. The molecule has 0 unspecified atom stereocenters. The van der Waals surface area contributed by atoms with Crippen LogP contribution in [0.15, 0.2) is 24.3 Å². The van der Waals surface area contributed by atoms with Gasteiger partial charge < -0.3 is 5.43 Å². The van der Waals surface area contributed by atoms with Gasteiger partial charge in [0.25, 0.3) is 0 Å². The summed E-state index contributed by atoms with van der Waals surface area (Å²) < 4.78 is 0. The Balaban J connectivity index is 2.35. The van der Waals surface area contributed by atoms with Crippen LogP contribution in [0.2, 0.25) is 0 Å². The summed E-state index contributed by atoms with van der Waals surface area (Å²) in [6.45, 7) is 8.52. The third kappa shape index (κ3) is 3.58. The van der Waals surface area contributed by atoms with Crippen LogP contribution in [-0.4, -0.2) is 9.97 Å². The van der Waals surface area contributed by atoms with Gasteiger partial charge in [0.05, 0.1) is 0 Å². The highest BCUT2D eigenvalue weighted by Gasteiger charge is 2.11. The van der Waals surface area contributed by atoms with Crippen LogP contribution in [0.5, 0.6) is 0 Å². The molecule has 1 heterocycles. The van der Waals surface area contributed by atoms with E-state index in [1.54, 1.807) is 0 Å². The second-order valence-electron chi connectivity index (χ2n) is 5.75. The molecule has 21 heavy (non-hydrogen) atoms. The van der Waals surface area contributed by atoms with Crippen molar-refractivity contribution in [2.75, 3.05) is 5.43 Å². The number of nitrogen functional groups attached to an aromatic ring is 1. The number of rotatable bonds is 5. The first kappa shape index (κ1) is 15.4. The van der Waals surface area contributed by atoms with Crippen LogP contribution < -0.4 is 11.3 Å². The molecule has 0 aliphatic rings. The van der Waals surface area contributed by atoms with Crippen LogP contribution in [0.4, 0.5) is 5.82 Å². The largest absolute Gasteiger partial charge is 0.308 e. The SMILES string of the molecule is CCc1c(C)nc(-c2ccc(CC(C)C)cc2)nc1NN. The average Bonchev–Trinajstić information content (AvgIpc) is 2.46. The lowest BCUT2D eigenvalue weighted by Gasteiger charge is -2.12. The van der Waals surface area contributed by atoms with Crippen molar-refractivity contribution in [2.24, 2.45) is 11.8 Å². The molecule has 0 fully saturated rings. The zero-order valence-electron chi connectivity index (χ0n) is 13.3. The molecular formula is C17H24N4. The number of hydrogen-bond donors (Lipinski definition) is 2. The van der Waals surface area contributed by atoms with Crippen LogP contribution in [0.3, 0.4) is 0 Å². The molecule has 1 aromatic heterocycles. The zero-order valence-corrected chi connectivity index (χ0v) is 13.3. The minimum absolute atomic E-state index is 0.659. The number of aryl methyl sites for hydroxylation is 1. The van der Waals surface area contributed by atoms with E-state index in [0.29, 0.717) is 17.6 Å². The van der Waals surface area contributed by atoms with Gasteiger partial charge in [0, 0.05) is 16.8 Å². The lowest BCUT2D eigenvalue weighted by Crippen LogP contribution is -2.13. The average molecular weight is 284 g/mol. The van der Waals surface area contributed by atoms with Crippen molar-refractivity contribution in [3.05, 3.63) is 41.1 Å². The minimum atomic E-state index is 0.659. The minimum Gasteiger partial charge on any atom is -0.308 e. The zero-order chi connectivity index (χ0) is 15.4. The molecule has 0 aliphatic carbocycles. The monoisotopic (exact) mass is 284 g/mol. The number of nitrogens with zero attached hydrogens (tertiary/aromatic N) is 2. The first-order valence-corrected chi connectivity index (χ1v) is 7.48. The highest BCUT2D eigenvalue weighted by molar-refractivity contribution is 5.60. The second-order valence-corrected chi connectivity index (χ2v) is 5.75. The Bertz CT molecular complexity index is 603. The number of hydrazine groups is 1. The van der Waals surface area contributed by atoms with Crippen molar-refractivity contribution in [2.45, 2.75) is 40.5 Å². The van der Waals surface area contributed by atoms with Crippen molar-refractivity contribution in [1.82, 2.24) is 9.97 Å². The molecule has 4 nitrogen and oxygen atoms in total. The second kappa shape index (κ2) is 6.68. The maximum Gasteiger partial charge on any atom is 0.161 e. The number of hydrogen-bond acceptors (Lipinski definition) is 4. The van der Waals surface area contributed by atoms with E-state index >= 15 is 0 Å². The van der Waals surface area contributed by atoms with Crippen LogP contribution in [0.1, 0.15) is 37.6 Å². The van der Waals surface area contributed by atoms with Gasteiger partial charge >= 0.3 is 0 Å². The number of aromatic nitrogens is 2. The van der Waals surface area contributed by atoms with Crippen molar-refractivity contribution in [3.8, 4) is 11.4 Å². The first-order valence-electron chi connectivity index (χ1n) is 7.48. The van der Waals surface area contributed by atoms with Gasteiger partial charge in [-0.25, -0.2) is 15.8 Å². The maximum absolute atomic E-state index is 5.58. The molecule has 112 valence electrons. The van der Waals surface area contributed by atoms with E-state index in [-0.39, 0.29) is 0 Å². The summed E-state index contributed by atoms with van der Waals surface area (Å²) in [7, 11) is 0. The van der Waals surface area contributed by atoms with Crippen molar-refractivity contribution in [1.29, 1.82) is 0 Å². The Labute approximate surface area is 126 Å². The molecule has 0 aliphatic heterocycles. The van der Waals surface area contributed by atoms with Gasteiger partial charge in [0.15, 0.2) is 5.82 Å². The fourth-order valence-electron chi connectivity index (χ4n) is 2.53. The Hall–Kier alpha value is -1.94. The van der Waals surface area contributed by atoms with Gasteiger partial charge in [-0.1, -0.05) is 45.0 Å². The molecule has 0 saturated heterocycles. The highest BCUT2D eigenvalue weighted by Crippen LogP contribution is 2.23. The van der Waals surface area contributed by atoms with E-state index in [4.69, 9.17) is 5.84 Å². The standard InChI is InChI=1S/C17H24N4/c1-5-15-12(4)19-16(20-17(15)21-18)14-8-6-13(7-9-14)10-11(2)3/h6-9,11H,5,10,18H2,1-4H3,(H,19,20,21). The quantitative estimate of drug-likeness (QED) is 0.651. The van der Waals surface area contributed by atoms with Crippen LogP contribution in [0.25, 0.3) is 11.4 Å². The Morgan fingerprint density at radius 1 is 1.14 bits per heavy atom. The molecule has 1 aromatic carbocycles. The molecule has 0 spiro atoms. The molecule has 0 amide bonds. The van der Waals surface area contributed by atoms with Gasteiger partial charge in [-0.05, 0) is 31.2 Å². The lowest BCUT2D eigenvalue weighted by atomic mass is 10.0. The predicted octanol–water partition coefficient (Wildman–Crippen LogP) is 3.50. The fraction of sp³-hybridized carbons (Fsp3) is 0.412. The van der Waals surface area contributed by atoms with Gasteiger partial charge in [-0.3, -0.25) is 0 Å². The summed E-state index contributed by atoms with van der Waals surface area (Å²) >= 11 is 0. The number of nitrogens with one attached hydrogen (secondary N) is 1. The molecule has 0 atom stereocenters. The smallest absolute Gasteiger partial charge is 0.161 e. The van der Waals surface area contributed by atoms with E-state index in [0.717, 1.165) is 29.7 Å². The van der Waals surface area contributed by atoms with Crippen LogP contribution >= 0.6 is 0 Å². The Morgan fingerprint density at radius 3 is 2.33 bits per heavy atom. The molecule has 3 N–H and O–H groups in total. The highest BCUT2D eigenvalue weighted by atomic mass is 15.3. The normalized spacial score (nSPS) is 11.0. The van der Waals surface area contributed by atoms with Gasteiger partial charge in [0.2, 0.25) is 0 Å². The van der Waals surface area contributed by atoms with Gasteiger partial charge in [-0.2, -0.15) is 0 Å². The van der Waals surface area contributed by atoms with Crippen LogP contribution in [-0.2, 0) is 12.8 Å². The van der Waals surface area contributed by atoms with E-state index in [2.05, 4.69) is 60.4 Å². The number of anilines is 1. The predicted molar refractivity (Wildman–Crippen MR) is 87.9 cm³/mol. The van der Waals surface area contributed by atoms with E-state index in [1.165, 1.54) is 5.56 Å². The van der Waals surface area contributed by atoms with E-state index in [1.807, 2.05) is 6.92 Å². The number of nitrogens with two attached hydrogens (primary N) is 1. The van der Waals surface area contributed by atoms with Gasteiger partial charge in [-0.15, -0.1) is 0 Å². The topological polar surface area (TPSA) is 63.8 Å². The molecular weight excluding hydrogens is 260 g/mol. The molecule has 4 heteroatoms. The summed E-state index contributed by atoms with van der Waals surface area (Å²) in [5.74, 6) is 7.67. The summed E-state index contributed by atoms with van der Waals surface area (Å²) in [4.78, 5) is 9.14. The molecule has 0 radical (unpaired) electrons. The molecule has 0 saturated carbocycles. The summed E-state index contributed by atoms with van der Waals surface area (Å²) in [6, 6.07) is 8.46. The Morgan fingerprint density at radius 2 is 1.81 bits per heavy atom. The van der Waals surface area contributed by atoms with E-state index in [9.17, 15) is 0 Å². The number of benzene rings is 1. The molecule has 2 aromatic rings. The van der Waals surface area contributed by atoms with Crippen LogP contribution in [0, 0.1) is 12.8 Å². The summed E-state index contributed by atoms with van der Waals surface area (Å²) in [6.07, 6.45) is 1.95. The molecule has 2 rings (SSSR count). The van der Waals surface area contributed by atoms with E-state index < -0.39 is 0 Å². The maximum atomic E-state index is 5.58. The summed E-state index contributed by atoms with van der Waals surface area (Å²) in [5.41, 5.74) is 7.08. The van der Waals surface area contributed by atoms with Crippen molar-refractivity contribution >= 4 is 5.82 Å². The lowest BCUT2D eigenvalue weighted by molar-refractivity contribution is 0.647. The first-order chi connectivity index (χ1) is 10.0.